The van der Waals surface area contributed by atoms with Gasteiger partial charge in [-0.1, -0.05) is 22.6 Å². The van der Waals surface area contributed by atoms with Gasteiger partial charge in [0, 0.05) is 11.0 Å². The summed E-state index contributed by atoms with van der Waals surface area (Å²) in [5.74, 6) is -0.832. The van der Waals surface area contributed by atoms with Gasteiger partial charge in [0.15, 0.2) is 0 Å². The summed E-state index contributed by atoms with van der Waals surface area (Å²) in [6.07, 6.45) is 2.77. The Balaban J connectivity index is 2.47. The van der Waals surface area contributed by atoms with E-state index < -0.39 is 5.97 Å². The highest BCUT2D eigenvalue weighted by Crippen LogP contribution is 2.31. The number of carboxylic acids is 1. The molecule has 12 heavy (non-hydrogen) atoms. The van der Waals surface area contributed by atoms with Gasteiger partial charge in [-0.25, -0.2) is 0 Å². The van der Waals surface area contributed by atoms with Gasteiger partial charge in [-0.05, 0) is 19.3 Å². The Hall–Kier alpha value is 0.160. The maximum atomic E-state index is 10.7. The van der Waals surface area contributed by atoms with E-state index in [2.05, 4.69) is 22.6 Å². The number of hydrogen-bond donors (Lipinski definition) is 1. The first-order valence-electron chi connectivity index (χ1n) is 4.04. The molecule has 0 amide bonds. The molecule has 0 radical (unpaired) electrons. The van der Waals surface area contributed by atoms with Crippen LogP contribution >= 0.6 is 22.6 Å². The highest BCUT2D eigenvalue weighted by Gasteiger charge is 2.33. The zero-order chi connectivity index (χ0) is 9.14. The van der Waals surface area contributed by atoms with E-state index >= 15 is 0 Å². The maximum Gasteiger partial charge on any atom is 0.307 e. The molecule has 0 bridgehead atoms. The Bertz CT molecular complexity index is 172. The van der Waals surface area contributed by atoms with E-state index in [1.54, 1.807) is 7.11 Å². The summed E-state index contributed by atoms with van der Waals surface area (Å²) >= 11 is 2.21. The van der Waals surface area contributed by atoms with E-state index in [4.69, 9.17) is 9.84 Å². The zero-order valence-corrected chi connectivity index (χ0v) is 9.15. The monoisotopic (exact) mass is 284 g/mol. The number of alkyl halides is 1. The molecule has 3 unspecified atom stereocenters. The molecule has 0 aromatic heterocycles. The molecule has 3 nitrogen and oxygen atoms in total. The average Bonchev–Trinajstić information content (AvgIpc) is 2.03. The van der Waals surface area contributed by atoms with Crippen LogP contribution in [-0.4, -0.2) is 28.2 Å². The van der Waals surface area contributed by atoms with Gasteiger partial charge in [-0.2, -0.15) is 0 Å². The van der Waals surface area contributed by atoms with Gasteiger partial charge < -0.3 is 9.84 Å². The number of carboxylic acid groups (broad SMARTS) is 1. The van der Waals surface area contributed by atoms with Gasteiger partial charge in [0.25, 0.3) is 0 Å². The van der Waals surface area contributed by atoms with Gasteiger partial charge >= 0.3 is 5.97 Å². The lowest BCUT2D eigenvalue weighted by molar-refractivity contribution is -0.143. The van der Waals surface area contributed by atoms with Crippen LogP contribution in [0.15, 0.2) is 0 Å². The second-order valence-corrected chi connectivity index (χ2v) is 4.73. The lowest BCUT2D eigenvalue weighted by Gasteiger charge is -2.29. The fourth-order valence-corrected chi connectivity index (χ4v) is 2.81. The molecule has 0 aliphatic heterocycles. The van der Waals surface area contributed by atoms with E-state index in [1.807, 2.05) is 0 Å². The average molecular weight is 284 g/mol. The third kappa shape index (κ3) is 2.32. The molecule has 1 N–H and O–H groups in total. The van der Waals surface area contributed by atoms with Crippen molar-refractivity contribution in [3.8, 4) is 0 Å². The topological polar surface area (TPSA) is 46.5 Å². The Morgan fingerprint density at radius 3 is 2.67 bits per heavy atom. The number of methoxy groups -OCH3 is 1. The predicted molar refractivity (Wildman–Crippen MR) is 53.6 cm³/mol. The minimum absolute atomic E-state index is 0.169. The number of hydrogen-bond acceptors (Lipinski definition) is 2. The van der Waals surface area contributed by atoms with Crippen LogP contribution in [0.25, 0.3) is 0 Å². The van der Waals surface area contributed by atoms with Crippen LogP contribution in [0.5, 0.6) is 0 Å². The first-order valence-corrected chi connectivity index (χ1v) is 5.29. The molecule has 1 saturated carbocycles. The lowest BCUT2D eigenvalue weighted by Crippen LogP contribution is -2.33. The predicted octanol–water partition coefficient (Wildman–Crippen LogP) is 1.69. The molecule has 0 aromatic rings. The highest BCUT2D eigenvalue weighted by atomic mass is 127. The molecule has 0 heterocycles. The number of halogens is 1. The van der Waals surface area contributed by atoms with Crippen molar-refractivity contribution >= 4 is 28.6 Å². The maximum absolute atomic E-state index is 10.7. The molecule has 0 spiro atoms. The smallest absolute Gasteiger partial charge is 0.307 e. The first-order chi connectivity index (χ1) is 5.65. The number of aliphatic carboxylic acids is 1. The van der Waals surface area contributed by atoms with Crippen molar-refractivity contribution in [1.82, 2.24) is 0 Å². The summed E-state index contributed by atoms with van der Waals surface area (Å²) in [4.78, 5) is 10.7. The second kappa shape index (κ2) is 4.41. The summed E-state index contributed by atoms with van der Waals surface area (Å²) < 4.78 is 5.41. The standard InChI is InChI=1S/C8H13IO3/c1-12-5-2-3-6(8(10)11)7(9)4-5/h5-7H,2-4H2,1H3,(H,10,11). The van der Waals surface area contributed by atoms with Crippen LogP contribution in [0.3, 0.4) is 0 Å². The summed E-state index contributed by atoms with van der Waals surface area (Å²) in [6, 6.07) is 0. The summed E-state index contributed by atoms with van der Waals surface area (Å²) in [7, 11) is 1.69. The molecule has 0 saturated heterocycles. The largest absolute Gasteiger partial charge is 0.481 e. The van der Waals surface area contributed by atoms with Crippen molar-refractivity contribution in [3.63, 3.8) is 0 Å². The van der Waals surface area contributed by atoms with E-state index in [0.29, 0.717) is 0 Å². The zero-order valence-electron chi connectivity index (χ0n) is 7.00. The van der Waals surface area contributed by atoms with Crippen molar-refractivity contribution < 1.29 is 14.6 Å². The molecule has 1 aliphatic carbocycles. The van der Waals surface area contributed by atoms with Crippen molar-refractivity contribution in [1.29, 1.82) is 0 Å². The lowest BCUT2D eigenvalue weighted by atomic mass is 9.87. The van der Waals surface area contributed by atoms with Crippen LogP contribution in [0, 0.1) is 5.92 Å². The number of rotatable bonds is 2. The van der Waals surface area contributed by atoms with Crippen LogP contribution in [-0.2, 0) is 9.53 Å². The molecule has 1 rings (SSSR count). The third-order valence-corrected chi connectivity index (χ3v) is 3.75. The summed E-state index contributed by atoms with van der Waals surface area (Å²) in [5, 5.41) is 8.82. The molecule has 0 aromatic carbocycles. The van der Waals surface area contributed by atoms with Gasteiger partial charge in [0.1, 0.15) is 0 Å². The minimum Gasteiger partial charge on any atom is -0.481 e. The van der Waals surface area contributed by atoms with Crippen LogP contribution < -0.4 is 0 Å². The molecule has 1 aliphatic rings. The van der Waals surface area contributed by atoms with Gasteiger partial charge in [0.2, 0.25) is 0 Å². The molecule has 70 valence electrons. The Morgan fingerprint density at radius 2 is 2.25 bits per heavy atom. The Labute approximate surface area is 85.6 Å². The van der Waals surface area contributed by atoms with Crippen LogP contribution in [0.2, 0.25) is 0 Å². The van der Waals surface area contributed by atoms with E-state index in [-0.39, 0.29) is 15.9 Å². The van der Waals surface area contributed by atoms with E-state index in [0.717, 1.165) is 19.3 Å². The number of carbonyl (C=O) groups is 1. The van der Waals surface area contributed by atoms with Gasteiger partial charge in [-0.3, -0.25) is 4.79 Å². The third-order valence-electron chi connectivity index (χ3n) is 2.37. The minimum atomic E-state index is -0.663. The van der Waals surface area contributed by atoms with Crippen LogP contribution in [0.1, 0.15) is 19.3 Å². The van der Waals surface area contributed by atoms with Crippen molar-refractivity contribution in [2.45, 2.75) is 29.3 Å². The van der Waals surface area contributed by atoms with E-state index in [1.165, 1.54) is 0 Å². The summed E-state index contributed by atoms with van der Waals surface area (Å²) in [6.45, 7) is 0. The number of ether oxygens (including phenoxy) is 1. The molecule has 4 heteroatoms. The Morgan fingerprint density at radius 1 is 1.58 bits per heavy atom. The van der Waals surface area contributed by atoms with Crippen molar-refractivity contribution in [3.05, 3.63) is 0 Å². The molecular weight excluding hydrogens is 271 g/mol. The highest BCUT2D eigenvalue weighted by molar-refractivity contribution is 14.1. The molecule has 3 atom stereocenters. The second-order valence-electron chi connectivity index (χ2n) is 3.13. The van der Waals surface area contributed by atoms with Crippen molar-refractivity contribution in [2.24, 2.45) is 5.92 Å². The molecule has 1 fully saturated rings. The van der Waals surface area contributed by atoms with Gasteiger partial charge in [0.05, 0.1) is 12.0 Å². The molecular formula is C8H13IO3. The Kier molecular flexibility index (Phi) is 3.77. The SMILES string of the molecule is COC1CCC(C(=O)O)C(I)C1. The summed E-state index contributed by atoms with van der Waals surface area (Å²) in [5.41, 5.74) is 0. The quantitative estimate of drug-likeness (QED) is 0.620. The first kappa shape index (κ1) is 10.2. The normalized spacial score (nSPS) is 36.3. The van der Waals surface area contributed by atoms with Crippen LogP contribution in [0.4, 0.5) is 0 Å². The van der Waals surface area contributed by atoms with Crippen molar-refractivity contribution in [2.75, 3.05) is 7.11 Å². The van der Waals surface area contributed by atoms with Gasteiger partial charge in [-0.15, -0.1) is 0 Å². The van der Waals surface area contributed by atoms with E-state index in [9.17, 15) is 4.79 Å². The fraction of sp³-hybridized carbons (Fsp3) is 0.875. The fourth-order valence-electron chi connectivity index (χ4n) is 1.57.